The summed E-state index contributed by atoms with van der Waals surface area (Å²) in [4.78, 5) is 12.2. The predicted molar refractivity (Wildman–Crippen MR) is 115 cm³/mol. The monoisotopic (exact) mass is 466 g/mol. The molecule has 1 aliphatic rings. The summed E-state index contributed by atoms with van der Waals surface area (Å²) in [6, 6.07) is 8.16. The zero-order chi connectivity index (χ0) is 23.1. The molecule has 164 valence electrons. The second kappa shape index (κ2) is 8.38. The molecule has 2 unspecified atom stereocenters. The Morgan fingerprint density at radius 1 is 1.26 bits per heavy atom. The summed E-state index contributed by atoms with van der Waals surface area (Å²) in [5, 5.41) is 23.4. The molecule has 8 heteroatoms. The summed E-state index contributed by atoms with van der Waals surface area (Å²) in [7, 11) is 0. The van der Waals surface area contributed by atoms with E-state index < -0.39 is 41.0 Å². The molecule has 0 saturated carbocycles. The molecule has 4 atom stereocenters. The van der Waals surface area contributed by atoms with E-state index in [1.54, 1.807) is 0 Å². The van der Waals surface area contributed by atoms with Crippen molar-refractivity contribution in [3.63, 3.8) is 0 Å². The molecule has 0 aliphatic carbocycles. The molecule has 0 aromatic heterocycles. The van der Waals surface area contributed by atoms with Crippen molar-refractivity contribution in [2.45, 2.75) is 50.6 Å². The molecule has 1 aliphatic heterocycles. The fourth-order valence-corrected chi connectivity index (χ4v) is 4.88. The minimum atomic E-state index is -1.73. The molecule has 2 N–H and O–H groups in total. The Morgan fingerprint density at radius 2 is 1.94 bits per heavy atom. The molecule has 4 nitrogen and oxygen atoms in total. The van der Waals surface area contributed by atoms with Crippen LogP contribution in [0.3, 0.4) is 0 Å². The molecule has 31 heavy (non-hydrogen) atoms. The van der Waals surface area contributed by atoms with Gasteiger partial charge in [-0.3, -0.25) is 10.1 Å². The van der Waals surface area contributed by atoms with Crippen LogP contribution in [-0.2, 0) is 10.2 Å². The highest BCUT2D eigenvalue weighted by molar-refractivity contribution is 6.31. The second-order valence-corrected chi connectivity index (χ2v) is 9.87. The van der Waals surface area contributed by atoms with E-state index in [0.717, 1.165) is 6.07 Å². The first kappa shape index (κ1) is 23.5. The lowest BCUT2D eigenvalue weighted by Crippen LogP contribution is -2.44. The van der Waals surface area contributed by atoms with E-state index in [1.165, 1.54) is 30.3 Å². The van der Waals surface area contributed by atoms with Gasteiger partial charge in [0, 0.05) is 22.5 Å². The van der Waals surface area contributed by atoms with Crippen molar-refractivity contribution in [1.29, 1.82) is 5.26 Å². The maximum Gasteiger partial charge on any atom is 0.321 e. The fourth-order valence-electron chi connectivity index (χ4n) is 4.54. The second-order valence-electron chi connectivity index (χ2n) is 9.03. The zero-order valence-corrected chi connectivity index (χ0v) is 18.7. The normalized spacial score (nSPS) is 25.9. The number of rotatable bonds is 4. The number of hydrogen-bond donors (Lipinski definition) is 2. The molecule has 0 bridgehead atoms. The maximum absolute atomic E-state index is 15.2. The Hall–Kier alpha value is -2.20. The molecular weight excluding hydrogens is 445 g/mol. The van der Waals surface area contributed by atoms with Gasteiger partial charge in [0.2, 0.25) is 0 Å². The molecule has 0 amide bonds. The van der Waals surface area contributed by atoms with Crippen LogP contribution in [0.1, 0.15) is 44.2 Å². The summed E-state index contributed by atoms with van der Waals surface area (Å²) in [6.07, 6.45) is 0.338. The third-order valence-electron chi connectivity index (χ3n) is 5.72. The third kappa shape index (κ3) is 4.15. The number of nitrogens with zero attached hydrogens (tertiary/aromatic N) is 1. The first-order valence-electron chi connectivity index (χ1n) is 9.72. The number of carbonyl (C=O) groups is 1. The summed E-state index contributed by atoms with van der Waals surface area (Å²) in [5.41, 5.74) is -2.15. The van der Waals surface area contributed by atoms with Crippen LogP contribution < -0.4 is 5.32 Å². The number of nitriles is 1. The van der Waals surface area contributed by atoms with Crippen molar-refractivity contribution in [3.05, 3.63) is 69.2 Å². The largest absolute Gasteiger partial charge is 0.480 e. The fraction of sp³-hybridized carbons (Fsp3) is 0.391. The Kier molecular flexibility index (Phi) is 6.35. The van der Waals surface area contributed by atoms with E-state index in [0.29, 0.717) is 6.42 Å². The van der Waals surface area contributed by atoms with E-state index in [4.69, 9.17) is 23.2 Å². The lowest BCUT2D eigenvalue weighted by molar-refractivity contribution is -0.139. The van der Waals surface area contributed by atoms with Crippen LogP contribution in [0, 0.1) is 28.4 Å². The van der Waals surface area contributed by atoms with Crippen molar-refractivity contribution in [1.82, 2.24) is 5.32 Å². The summed E-state index contributed by atoms with van der Waals surface area (Å²) in [5.74, 6) is -4.09. The lowest BCUT2D eigenvalue weighted by Gasteiger charge is -2.37. The van der Waals surface area contributed by atoms with Gasteiger partial charge in [0.25, 0.3) is 0 Å². The van der Waals surface area contributed by atoms with Gasteiger partial charge < -0.3 is 5.11 Å². The summed E-state index contributed by atoms with van der Waals surface area (Å²) < 4.78 is 30.3. The van der Waals surface area contributed by atoms with E-state index >= 15 is 8.78 Å². The number of nitrogens with one attached hydrogen (secondary N) is 1. The molecule has 1 saturated heterocycles. The Morgan fingerprint density at radius 3 is 2.48 bits per heavy atom. The molecule has 0 radical (unpaired) electrons. The van der Waals surface area contributed by atoms with Gasteiger partial charge in [-0.25, -0.2) is 8.78 Å². The van der Waals surface area contributed by atoms with Gasteiger partial charge in [0.15, 0.2) is 0 Å². The first-order chi connectivity index (χ1) is 14.4. The van der Waals surface area contributed by atoms with E-state index in [9.17, 15) is 15.2 Å². The zero-order valence-electron chi connectivity index (χ0n) is 17.2. The number of aliphatic carboxylic acids is 1. The standard InChI is InChI=1S/C23H22Cl2F2N2O2/c1-22(2,3)10-17-23(11-28,14-8-7-12(24)9-16(14)26)18(20(29-17)21(30)31)13-5-4-6-15(25)19(13)27/h4-9,17-18,20,29H,10H2,1-3H3,(H,30,31)/t17-,18?,20+,23?/m0/s1. The van der Waals surface area contributed by atoms with E-state index in [-0.39, 0.29) is 26.6 Å². The quantitative estimate of drug-likeness (QED) is 0.607. The Bertz CT molecular complexity index is 1060. The van der Waals surface area contributed by atoms with Crippen molar-refractivity contribution in [2.24, 2.45) is 5.41 Å². The third-order valence-corrected chi connectivity index (χ3v) is 6.24. The van der Waals surface area contributed by atoms with Gasteiger partial charge in [-0.05, 0) is 35.6 Å². The maximum atomic E-state index is 15.2. The number of carboxylic acid groups (broad SMARTS) is 1. The molecule has 1 heterocycles. The summed E-state index contributed by atoms with van der Waals surface area (Å²) in [6.45, 7) is 5.79. The minimum Gasteiger partial charge on any atom is -0.480 e. The topological polar surface area (TPSA) is 73.1 Å². The van der Waals surface area contributed by atoms with Crippen molar-refractivity contribution in [3.8, 4) is 6.07 Å². The highest BCUT2D eigenvalue weighted by atomic mass is 35.5. The number of carboxylic acids is 1. The van der Waals surface area contributed by atoms with Gasteiger partial charge in [0.05, 0.1) is 11.1 Å². The predicted octanol–water partition coefficient (Wildman–Crippen LogP) is 5.68. The Labute approximate surface area is 189 Å². The number of benzene rings is 2. The minimum absolute atomic E-state index is 0.0331. The Balaban J connectivity index is 2.38. The van der Waals surface area contributed by atoms with Crippen LogP contribution in [-0.4, -0.2) is 23.2 Å². The molecule has 0 spiro atoms. The van der Waals surface area contributed by atoms with Gasteiger partial charge in [-0.15, -0.1) is 0 Å². The molecule has 1 fully saturated rings. The van der Waals surface area contributed by atoms with Gasteiger partial charge in [0.1, 0.15) is 23.1 Å². The van der Waals surface area contributed by atoms with Crippen molar-refractivity contribution < 1.29 is 18.7 Å². The van der Waals surface area contributed by atoms with Crippen LogP contribution in [0.4, 0.5) is 8.78 Å². The highest BCUT2D eigenvalue weighted by Crippen LogP contribution is 2.52. The average molecular weight is 467 g/mol. The van der Waals surface area contributed by atoms with Crippen LogP contribution in [0.2, 0.25) is 10.0 Å². The van der Waals surface area contributed by atoms with Crippen LogP contribution in [0.25, 0.3) is 0 Å². The number of hydrogen-bond acceptors (Lipinski definition) is 3. The van der Waals surface area contributed by atoms with Crippen molar-refractivity contribution in [2.75, 3.05) is 0 Å². The summed E-state index contributed by atoms with van der Waals surface area (Å²) >= 11 is 11.9. The van der Waals surface area contributed by atoms with E-state index in [1.807, 2.05) is 20.8 Å². The molecule has 2 aromatic rings. The highest BCUT2D eigenvalue weighted by Gasteiger charge is 2.61. The van der Waals surface area contributed by atoms with Crippen LogP contribution in [0.15, 0.2) is 36.4 Å². The molecule has 3 rings (SSSR count). The molecule has 2 aromatic carbocycles. The lowest BCUT2D eigenvalue weighted by atomic mass is 9.62. The van der Waals surface area contributed by atoms with Crippen LogP contribution in [0.5, 0.6) is 0 Å². The first-order valence-corrected chi connectivity index (χ1v) is 10.5. The van der Waals surface area contributed by atoms with Gasteiger partial charge >= 0.3 is 5.97 Å². The van der Waals surface area contributed by atoms with Gasteiger partial charge in [-0.1, -0.05) is 62.2 Å². The molecular formula is C23H22Cl2F2N2O2. The SMILES string of the molecule is CC(C)(C)C[C@@H]1N[C@@H](C(=O)O)C(c2cccc(Cl)c2F)C1(C#N)c1ccc(Cl)cc1F. The van der Waals surface area contributed by atoms with Crippen molar-refractivity contribution >= 4 is 29.2 Å². The van der Waals surface area contributed by atoms with Gasteiger partial charge in [-0.2, -0.15) is 5.26 Å². The number of halogens is 4. The smallest absolute Gasteiger partial charge is 0.321 e. The van der Waals surface area contributed by atoms with E-state index in [2.05, 4.69) is 11.4 Å². The van der Waals surface area contributed by atoms with Crippen LogP contribution >= 0.6 is 23.2 Å². The average Bonchev–Trinajstić information content (AvgIpc) is 2.97.